The summed E-state index contributed by atoms with van der Waals surface area (Å²) >= 11 is 0. The topological polar surface area (TPSA) is 67.8 Å². The van der Waals surface area contributed by atoms with E-state index in [0.29, 0.717) is 5.95 Å². The first-order valence-corrected chi connectivity index (χ1v) is 10.1. The first kappa shape index (κ1) is 20.6. The Labute approximate surface area is 174 Å². The molecule has 0 amide bonds. The van der Waals surface area contributed by atoms with E-state index in [2.05, 4.69) is 41.0 Å². The van der Waals surface area contributed by atoms with Crippen molar-refractivity contribution in [1.29, 1.82) is 0 Å². The van der Waals surface area contributed by atoms with Crippen LogP contribution in [0.3, 0.4) is 0 Å². The maximum absolute atomic E-state index is 13.2. The van der Waals surface area contributed by atoms with Crippen molar-refractivity contribution in [3.8, 4) is 11.3 Å². The van der Waals surface area contributed by atoms with Crippen molar-refractivity contribution >= 4 is 17.4 Å². The lowest BCUT2D eigenvalue weighted by atomic mass is 9.76. The summed E-state index contributed by atoms with van der Waals surface area (Å²) in [5.41, 5.74) is 3.98. The second kappa shape index (κ2) is 8.95. The molecule has 1 atom stereocenters. The molecule has 3 aromatic rings. The molecule has 5 heteroatoms. The molecule has 1 aromatic carbocycles. The van der Waals surface area contributed by atoms with Crippen LogP contribution in [-0.4, -0.2) is 20.7 Å². The van der Waals surface area contributed by atoms with Crippen LogP contribution in [0, 0.1) is 12.3 Å². The summed E-state index contributed by atoms with van der Waals surface area (Å²) in [6, 6.07) is 11.5. The van der Waals surface area contributed by atoms with Gasteiger partial charge in [-0.05, 0) is 49.6 Å². The molecule has 0 radical (unpaired) electrons. The van der Waals surface area contributed by atoms with Crippen molar-refractivity contribution in [2.24, 2.45) is 5.41 Å². The molecule has 0 bridgehead atoms. The summed E-state index contributed by atoms with van der Waals surface area (Å²) in [6.07, 6.45) is 7.93. The molecule has 0 aliphatic carbocycles. The molecule has 0 unspecified atom stereocenters. The molecule has 29 heavy (non-hydrogen) atoms. The number of ketones is 1. The summed E-state index contributed by atoms with van der Waals surface area (Å²) in [7, 11) is 0. The third-order valence-corrected chi connectivity index (χ3v) is 5.49. The summed E-state index contributed by atoms with van der Waals surface area (Å²) < 4.78 is 0. The molecule has 152 valence electrons. The highest BCUT2D eigenvalue weighted by atomic mass is 16.1. The van der Waals surface area contributed by atoms with Crippen LogP contribution in [0.25, 0.3) is 11.3 Å². The number of pyridine rings is 1. The predicted octanol–water partition coefficient (Wildman–Crippen LogP) is 6.24. The third kappa shape index (κ3) is 4.67. The predicted molar refractivity (Wildman–Crippen MR) is 119 cm³/mol. The van der Waals surface area contributed by atoms with Gasteiger partial charge in [0.2, 0.25) is 5.95 Å². The fourth-order valence-electron chi connectivity index (χ4n) is 3.46. The van der Waals surface area contributed by atoms with Crippen LogP contribution in [-0.2, 0) is 0 Å². The average Bonchev–Trinajstić information content (AvgIpc) is 2.75. The monoisotopic (exact) mass is 390 g/mol. The van der Waals surface area contributed by atoms with Gasteiger partial charge in [0.1, 0.15) is 0 Å². The molecule has 2 heterocycles. The van der Waals surface area contributed by atoms with E-state index in [9.17, 15) is 4.79 Å². The Bertz CT molecular complexity index is 994. The number of nitrogens with zero attached hydrogens (tertiary/aromatic N) is 3. The van der Waals surface area contributed by atoms with E-state index in [0.717, 1.165) is 47.3 Å². The van der Waals surface area contributed by atoms with Gasteiger partial charge in [-0.3, -0.25) is 9.78 Å². The molecule has 3 rings (SSSR count). The summed E-state index contributed by atoms with van der Waals surface area (Å²) in [6.45, 7) is 8.27. The molecule has 5 nitrogen and oxygen atoms in total. The van der Waals surface area contributed by atoms with E-state index in [1.165, 1.54) is 0 Å². The highest BCUT2D eigenvalue weighted by Crippen LogP contribution is 2.33. The van der Waals surface area contributed by atoms with Crippen molar-refractivity contribution in [2.75, 3.05) is 5.32 Å². The van der Waals surface area contributed by atoms with E-state index in [4.69, 9.17) is 0 Å². The Morgan fingerprint density at radius 1 is 1.17 bits per heavy atom. The van der Waals surface area contributed by atoms with Gasteiger partial charge < -0.3 is 5.32 Å². The molecule has 0 spiro atoms. The van der Waals surface area contributed by atoms with E-state index in [1.807, 2.05) is 43.3 Å². The quantitative estimate of drug-likeness (QED) is 0.461. The molecule has 0 aliphatic rings. The summed E-state index contributed by atoms with van der Waals surface area (Å²) in [4.78, 5) is 26.3. The van der Waals surface area contributed by atoms with Crippen molar-refractivity contribution in [3.63, 3.8) is 0 Å². The van der Waals surface area contributed by atoms with Gasteiger partial charge in [-0.25, -0.2) is 9.97 Å². The van der Waals surface area contributed by atoms with Crippen LogP contribution in [0.2, 0.25) is 0 Å². The number of nitrogens with one attached hydrogen (secondary N) is 1. The number of aryl methyl sites for hydroxylation is 1. The first-order valence-electron chi connectivity index (χ1n) is 10.1. The second-order valence-corrected chi connectivity index (χ2v) is 7.66. The largest absolute Gasteiger partial charge is 0.324 e. The first-order chi connectivity index (χ1) is 14.0. The van der Waals surface area contributed by atoms with Crippen molar-refractivity contribution < 1.29 is 6.22 Å². The molecule has 0 aliphatic heterocycles. The maximum Gasteiger partial charge on any atom is 0.227 e. The molecule has 0 saturated carbocycles. The van der Waals surface area contributed by atoms with Gasteiger partial charge in [0.15, 0.2) is 5.78 Å². The number of carbonyl (C=O) groups excluding carboxylic acids is 1. The molecular formula is C24H30N4O. The van der Waals surface area contributed by atoms with E-state index >= 15 is 0 Å². The normalized spacial score (nSPS) is 13.0. The van der Waals surface area contributed by atoms with E-state index in [-0.39, 0.29) is 12.6 Å². The highest BCUT2D eigenvalue weighted by Gasteiger charge is 2.31. The zero-order chi connectivity index (χ0) is 20.9. The fourth-order valence-corrected chi connectivity index (χ4v) is 3.46. The van der Waals surface area contributed by atoms with Crippen LogP contribution in [0.15, 0.2) is 55.0 Å². The van der Waals surface area contributed by atoms with Gasteiger partial charge in [-0.15, -0.1) is 0 Å². The van der Waals surface area contributed by atoms with Gasteiger partial charge in [-0.1, -0.05) is 39.3 Å². The van der Waals surface area contributed by atoms with Gasteiger partial charge >= 0.3 is 0 Å². The SMILES string of the molecule is CCC[C@](C)(CC)C(=O)c1ccc(C)c(Nc2nccc(-c3cccnc3)n2)c1.[HH]. The average molecular weight is 391 g/mol. The van der Waals surface area contributed by atoms with Crippen LogP contribution in [0.1, 0.15) is 57.4 Å². The minimum Gasteiger partial charge on any atom is -0.324 e. The van der Waals surface area contributed by atoms with Crippen molar-refractivity contribution in [3.05, 3.63) is 66.1 Å². The minimum absolute atomic E-state index is 0. The molecule has 0 saturated heterocycles. The third-order valence-electron chi connectivity index (χ3n) is 5.49. The standard InChI is InChI=1S/C24H28N4O.H2/c1-5-12-24(4,6-2)22(29)18-10-9-17(3)21(15-18)28-23-26-14-11-20(27-23)19-8-7-13-25-16-19;/h7-11,13-16H,5-6,12H2,1-4H3,(H,26,27,28);1H/t24-;/m0./s1. The number of hydrogen-bond acceptors (Lipinski definition) is 5. The van der Waals surface area contributed by atoms with Crippen molar-refractivity contribution in [1.82, 2.24) is 15.0 Å². The Kier molecular flexibility index (Phi) is 6.37. The highest BCUT2D eigenvalue weighted by molar-refractivity contribution is 6.01. The number of hydrogen-bond donors (Lipinski definition) is 1. The van der Waals surface area contributed by atoms with Gasteiger partial charge in [-0.2, -0.15) is 0 Å². The maximum atomic E-state index is 13.2. The lowest BCUT2D eigenvalue weighted by molar-refractivity contribution is 0.0794. The Morgan fingerprint density at radius 2 is 2.00 bits per heavy atom. The number of anilines is 2. The minimum atomic E-state index is -0.335. The van der Waals surface area contributed by atoms with Crippen LogP contribution < -0.4 is 5.32 Å². The molecule has 2 aromatic heterocycles. The Morgan fingerprint density at radius 3 is 2.69 bits per heavy atom. The Balaban J connectivity index is 0.00000320. The van der Waals surface area contributed by atoms with Crippen molar-refractivity contribution in [2.45, 2.75) is 47.0 Å². The van der Waals surface area contributed by atoms with Gasteiger partial charge in [0.05, 0.1) is 5.69 Å². The van der Waals surface area contributed by atoms with Crippen LogP contribution >= 0.6 is 0 Å². The number of carbonyl (C=O) groups is 1. The smallest absolute Gasteiger partial charge is 0.227 e. The number of benzene rings is 1. The van der Waals surface area contributed by atoms with Gasteiger partial charge in [0, 0.05) is 42.2 Å². The lowest BCUT2D eigenvalue weighted by Gasteiger charge is -2.26. The summed E-state index contributed by atoms with van der Waals surface area (Å²) in [5.74, 6) is 0.681. The Hall–Kier alpha value is -3.08. The van der Waals surface area contributed by atoms with E-state index in [1.54, 1.807) is 18.6 Å². The van der Waals surface area contributed by atoms with Gasteiger partial charge in [0.25, 0.3) is 0 Å². The fraction of sp³-hybridized carbons (Fsp3) is 0.333. The zero-order valence-corrected chi connectivity index (χ0v) is 17.6. The molecule has 1 N–H and O–H groups in total. The van der Waals surface area contributed by atoms with E-state index < -0.39 is 0 Å². The number of aromatic nitrogens is 3. The zero-order valence-electron chi connectivity index (χ0n) is 17.6. The summed E-state index contributed by atoms with van der Waals surface area (Å²) in [5, 5.41) is 3.28. The second-order valence-electron chi connectivity index (χ2n) is 7.66. The van der Waals surface area contributed by atoms with Crippen LogP contribution in [0.5, 0.6) is 0 Å². The van der Waals surface area contributed by atoms with Crippen LogP contribution in [0.4, 0.5) is 11.6 Å². The lowest BCUT2D eigenvalue weighted by Crippen LogP contribution is -2.27. The number of Topliss-reactive ketones (excluding diaryl/α,β-unsaturated/α-hetero) is 1. The number of rotatable bonds is 8. The molecular weight excluding hydrogens is 360 g/mol. The molecule has 0 fully saturated rings.